The lowest BCUT2D eigenvalue weighted by molar-refractivity contribution is 0.0963. The number of hydrogen-bond donors (Lipinski definition) is 1. The first-order valence-electron chi connectivity index (χ1n) is 3.96. The van der Waals surface area contributed by atoms with Crippen LogP contribution in [0.2, 0.25) is 0 Å². The van der Waals surface area contributed by atoms with E-state index < -0.39 is 5.72 Å². The van der Waals surface area contributed by atoms with Crippen molar-refractivity contribution in [3.63, 3.8) is 0 Å². The van der Waals surface area contributed by atoms with Crippen LogP contribution in [0.15, 0.2) is 38.9 Å². The second kappa shape index (κ2) is 4.74. The van der Waals surface area contributed by atoms with Gasteiger partial charge < -0.3 is 5.11 Å². The Morgan fingerprint density at radius 2 is 1.88 bits per heavy atom. The molecule has 80 valence electrons. The Balaban J connectivity index is 3.23. The Hall–Kier alpha value is -2.63. The molecule has 0 heterocycles. The lowest BCUT2D eigenvalue weighted by Crippen LogP contribution is -2.25. The van der Waals surface area contributed by atoms with Crippen LogP contribution in [-0.2, 0) is 0 Å². The zero-order chi connectivity index (χ0) is 12.0. The van der Waals surface area contributed by atoms with Gasteiger partial charge in [0, 0.05) is 32.6 Å². The van der Waals surface area contributed by atoms with E-state index in [4.69, 9.17) is 16.6 Å². The zero-order valence-corrected chi connectivity index (χ0v) is 7.83. The average Bonchev–Trinajstić information content (AvgIpc) is 2.17. The van der Waals surface area contributed by atoms with Gasteiger partial charge in [-0.3, -0.25) is 0 Å². The van der Waals surface area contributed by atoms with Crippen molar-refractivity contribution in [2.24, 2.45) is 15.3 Å². The smallest absolute Gasteiger partial charge is 0.166 e. The molecule has 0 aliphatic heterocycles. The number of rotatable bonds is 3. The molecule has 1 N–H and O–H groups in total. The molecule has 0 bridgehead atoms. The third kappa shape index (κ3) is 2.68. The van der Waals surface area contributed by atoms with Gasteiger partial charge >= 0.3 is 0 Å². The second-order valence-corrected chi connectivity index (χ2v) is 2.83. The van der Waals surface area contributed by atoms with Crippen molar-refractivity contribution in [2.45, 2.75) is 12.1 Å². The first-order valence-corrected chi connectivity index (χ1v) is 3.96. The summed E-state index contributed by atoms with van der Waals surface area (Å²) in [6.07, 6.45) is 2.20. The quantitative estimate of drug-likeness (QED) is 0.430. The minimum absolute atomic E-state index is 0.0195. The molecule has 0 spiro atoms. The highest BCUT2D eigenvalue weighted by Crippen LogP contribution is 2.29. The Bertz CT molecular complexity index is 500. The lowest BCUT2D eigenvalue weighted by Gasteiger charge is -2.22. The number of aliphatic hydroxyl groups is 1. The van der Waals surface area contributed by atoms with Crippen LogP contribution in [0.3, 0.4) is 0 Å². The minimum Gasteiger partial charge on any atom is -0.379 e. The van der Waals surface area contributed by atoms with Gasteiger partial charge in [-0.2, -0.15) is 0 Å². The molecule has 1 rings (SSSR count). The molecule has 10 nitrogen and oxygen atoms in total. The molecule has 0 fully saturated rings. The van der Waals surface area contributed by atoms with Crippen molar-refractivity contribution in [2.75, 3.05) is 0 Å². The Morgan fingerprint density at radius 3 is 2.44 bits per heavy atom. The highest BCUT2D eigenvalue weighted by molar-refractivity contribution is 5.31. The van der Waals surface area contributed by atoms with Gasteiger partial charge in [0.2, 0.25) is 0 Å². The summed E-state index contributed by atoms with van der Waals surface area (Å²) < 4.78 is 0. The SMILES string of the molecule is [N-]=[N+]=NC1=CC(O)(N=[N+]=[N-])CC(N=[N+]=[N-])=C1. The average molecular weight is 219 g/mol. The molecule has 10 heteroatoms. The summed E-state index contributed by atoms with van der Waals surface area (Å²) in [5, 5.41) is 19.4. The molecule has 1 atom stereocenters. The molecule has 0 saturated heterocycles. The fourth-order valence-electron chi connectivity index (χ4n) is 1.19. The van der Waals surface area contributed by atoms with Crippen LogP contribution in [0, 0.1) is 0 Å². The van der Waals surface area contributed by atoms with E-state index in [0.29, 0.717) is 0 Å². The van der Waals surface area contributed by atoms with Crippen molar-refractivity contribution in [1.82, 2.24) is 0 Å². The van der Waals surface area contributed by atoms with E-state index in [9.17, 15) is 5.11 Å². The summed E-state index contributed by atoms with van der Waals surface area (Å²) in [6, 6.07) is 0. The van der Waals surface area contributed by atoms with Crippen molar-refractivity contribution in [1.29, 1.82) is 0 Å². The predicted molar refractivity (Wildman–Crippen MR) is 53.2 cm³/mol. The minimum atomic E-state index is -1.88. The summed E-state index contributed by atoms with van der Waals surface area (Å²) in [5.41, 5.74) is 23.0. The van der Waals surface area contributed by atoms with E-state index in [1.54, 1.807) is 0 Å². The maximum Gasteiger partial charge on any atom is 0.166 e. The molecule has 0 amide bonds. The molecule has 0 saturated carbocycles. The first-order chi connectivity index (χ1) is 7.63. The first kappa shape index (κ1) is 11.4. The van der Waals surface area contributed by atoms with E-state index >= 15 is 0 Å². The van der Waals surface area contributed by atoms with Crippen molar-refractivity contribution >= 4 is 0 Å². The van der Waals surface area contributed by atoms with Gasteiger partial charge in [0.15, 0.2) is 5.72 Å². The largest absolute Gasteiger partial charge is 0.379 e. The van der Waals surface area contributed by atoms with Crippen LogP contribution in [-0.4, -0.2) is 10.8 Å². The molecular formula is C6H5N9O. The van der Waals surface area contributed by atoms with E-state index in [2.05, 4.69) is 30.1 Å². The maximum atomic E-state index is 9.76. The van der Waals surface area contributed by atoms with Gasteiger partial charge in [-0.05, 0) is 28.7 Å². The third-order valence-corrected chi connectivity index (χ3v) is 1.69. The third-order valence-electron chi connectivity index (χ3n) is 1.69. The van der Waals surface area contributed by atoms with Gasteiger partial charge in [0.1, 0.15) is 0 Å². The van der Waals surface area contributed by atoms with Crippen LogP contribution >= 0.6 is 0 Å². The number of hydrogen-bond acceptors (Lipinski definition) is 4. The summed E-state index contributed by atoms with van der Waals surface area (Å²) in [4.78, 5) is 7.49. The van der Waals surface area contributed by atoms with Gasteiger partial charge in [-0.1, -0.05) is 15.3 Å². The highest BCUT2D eigenvalue weighted by Gasteiger charge is 2.27. The van der Waals surface area contributed by atoms with Crippen molar-refractivity contribution < 1.29 is 5.11 Å². The topological polar surface area (TPSA) is 167 Å². The van der Waals surface area contributed by atoms with Crippen molar-refractivity contribution in [3.8, 4) is 0 Å². The fourth-order valence-corrected chi connectivity index (χ4v) is 1.19. The van der Waals surface area contributed by atoms with E-state index in [0.717, 1.165) is 6.08 Å². The van der Waals surface area contributed by atoms with Crippen LogP contribution in [0.4, 0.5) is 0 Å². The van der Waals surface area contributed by atoms with Crippen molar-refractivity contribution in [3.05, 3.63) is 54.9 Å². The van der Waals surface area contributed by atoms with Gasteiger partial charge in [-0.15, -0.1) is 0 Å². The summed E-state index contributed by atoms with van der Waals surface area (Å²) in [5.74, 6) is 0. The molecule has 16 heavy (non-hydrogen) atoms. The Morgan fingerprint density at radius 1 is 1.19 bits per heavy atom. The van der Waals surface area contributed by atoms with Gasteiger partial charge in [0.05, 0.1) is 0 Å². The number of allylic oxidation sites excluding steroid dienone is 1. The molecule has 0 aromatic heterocycles. The highest BCUT2D eigenvalue weighted by atomic mass is 16.3. The van der Waals surface area contributed by atoms with Crippen LogP contribution in [0.25, 0.3) is 31.3 Å². The van der Waals surface area contributed by atoms with Crippen LogP contribution < -0.4 is 0 Å². The zero-order valence-electron chi connectivity index (χ0n) is 7.83. The molecule has 1 aliphatic rings. The summed E-state index contributed by atoms with van der Waals surface area (Å²) in [7, 11) is 0. The monoisotopic (exact) mass is 219 g/mol. The van der Waals surface area contributed by atoms with E-state index in [-0.39, 0.29) is 17.8 Å². The molecule has 0 aromatic carbocycles. The normalized spacial score (nSPS) is 22.8. The molecule has 1 aliphatic carbocycles. The number of nitrogens with zero attached hydrogens (tertiary/aromatic N) is 9. The molecule has 1 unspecified atom stereocenters. The predicted octanol–water partition coefficient (Wildman–Crippen LogP) is 2.78. The van der Waals surface area contributed by atoms with Crippen LogP contribution in [0.5, 0.6) is 0 Å². The Kier molecular flexibility index (Phi) is 3.39. The van der Waals surface area contributed by atoms with Gasteiger partial charge in [0.25, 0.3) is 0 Å². The summed E-state index contributed by atoms with van der Waals surface area (Å²) >= 11 is 0. The second-order valence-electron chi connectivity index (χ2n) is 2.83. The van der Waals surface area contributed by atoms with E-state index in [1.807, 2.05) is 0 Å². The molecular weight excluding hydrogens is 214 g/mol. The van der Waals surface area contributed by atoms with Crippen LogP contribution in [0.1, 0.15) is 6.42 Å². The summed E-state index contributed by atoms with van der Waals surface area (Å²) in [6.45, 7) is 0. The molecule has 0 aromatic rings. The number of azide groups is 3. The van der Waals surface area contributed by atoms with E-state index in [1.165, 1.54) is 6.08 Å². The molecule has 0 radical (unpaired) electrons. The standard InChI is InChI=1S/C6H5N9O/c7-13-10-4-1-5(11-14-8)3-6(16,2-4)12-15-9/h1-2,16H,3H2. The fraction of sp³-hybridized carbons (Fsp3) is 0.333. The lowest BCUT2D eigenvalue weighted by atomic mass is 10.0. The Labute approximate surface area is 88.4 Å². The van der Waals surface area contributed by atoms with Gasteiger partial charge in [-0.25, -0.2) is 0 Å². The maximum absolute atomic E-state index is 9.76.